The van der Waals surface area contributed by atoms with Crippen molar-refractivity contribution in [3.05, 3.63) is 23.3 Å². The van der Waals surface area contributed by atoms with E-state index < -0.39 is 0 Å². The van der Waals surface area contributed by atoms with Gasteiger partial charge in [-0.25, -0.2) is 0 Å². The monoisotopic (exact) mass is 231 g/mol. The van der Waals surface area contributed by atoms with Crippen LogP contribution in [0.3, 0.4) is 0 Å². The number of rotatable bonds is 0. The molecule has 0 saturated carbocycles. The molecule has 1 aromatic carbocycles. The Hall–Kier alpha value is -1.12. The van der Waals surface area contributed by atoms with Crippen LogP contribution < -0.4 is 9.31 Å². The third kappa shape index (κ3) is 2.29. The van der Waals surface area contributed by atoms with Crippen LogP contribution in [0, 0.1) is 0 Å². The van der Waals surface area contributed by atoms with E-state index in [0.717, 1.165) is 11.5 Å². The zero-order valence-corrected chi connectivity index (χ0v) is 11.5. The van der Waals surface area contributed by atoms with Crippen molar-refractivity contribution in [3.63, 3.8) is 0 Å². The van der Waals surface area contributed by atoms with Crippen molar-refractivity contribution in [1.82, 2.24) is 0 Å². The van der Waals surface area contributed by atoms with Crippen molar-refractivity contribution < 1.29 is 9.31 Å². The van der Waals surface area contributed by atoms with Crippen molar-refractivity contribution in [3.8, 4) is 11.5 Å². The summed E-state index contributed by atoms with van der Waals surface area (Å²) < 4.78 is 10.9. The zero-order valence-electron chi connectivity index (χ0n) is 11.5. The molecule has 1 aromatic rings. The highest BCUT2D eigenvalue weighted by atomic mass is 16.6. The quantitative estimate of drug-likeness (QED) is 0.635. The maximum atomic E-state index is 5.48. The summed E-state index contributed by atoms with van der Waals surface area (Å²) in [5, 5.41) is 0. The van der Waals surface area contributed by atoms with Crippen LogP contribution in [-0.4, -0.2) is 7.69 Å². The van der Waals surface area contributed by atoms with Crippen LogP contribution in [0.5, 0.6) is 11.5 Å². The van der Waals surface area contributed by atoms with E-state index >= 15 is 0 Å². The molecule has 17 heavy (non-hydrogen) atoms. The molecule has 0 atom stereocenters. The normalized spacial score (nSPS) is 14.7. The summed E-state index contributed by atoms with van der Waals surface area (Å²) in [6.45, 7) is 13.2. The summed E-state index contributed by atoms with van der Waals surface area (Å²) in [4.78, 5) is 0. The zero-order chi connectivity index (χ0) is 12.8. The van der Waals surface area contributed by atoms with Crippen LogP contribution in [0.2, 0.25) is 0 Å². The van der Waals surface area contributed by atoms with Crippen LogP contribution in [-0.2, 0) is 10.8 Å². The maximum absolute atomic E-state index is 5.48. The molecule has 91 valence electrons. The summed E-state index contributed by atoms with van der Waals surface area (Å²) in [6.07, 6.45) is 0. The summed E-state index contributed by atoms with van der Waals surface area (Å²) >= 11 is 0. The van der Waals surface area contributed by atoms with Gasteiger partial charge in [0.25, 0.3) is 0 Å². The van der Waals surface area contributed by atoms with Crippen molar-refractivity contribution in [2.75, 3.05) is 0 Å². The minimum atomic E-state index is 0.0485. The second kappa shape index (κ2) is 3.69. The van der Waals surface area contributed by atoms with Gasteiger partial charge >= 0.3 is 7.69 Å². The Morgan fingerprint density at radius 3 is 2.06 bits per heavy atom. The maximum Gasteiger partial charge on any atom is 0.658 e. The van der Waals surface area contributed by atoms with Gasteiger partial charge in [-0.15, -0.1) is 0 Å². The van der Waals surface area contributed by atoms with Gasteiger partial charge in [0.2, 0.25) is 0 Å². The predicted octanol–water partition coefficient (Wildman–Crippen LogP) is 3.59. The van der Waals surface area contributed by atoms with Gasteiger partial charge in [-0.2, -0.15) is 0 Å². The molecule has 3 heteroatoms. The second-order valence-corrected chi connectivity index (χ2v) is 6.68. The van der Waals surface area contributed by atoms with E-state index in [4.69, 9.17) is 9.31 Å². The summed E-state index contributed by atoms with van der Waals surface area (Å²) in [5.41, 5.74) is 2.64. The van der Waals surface area contributed by atoms with Crippen LogP contribution in [0.15, 0.2) is 12.1 Å². The van der Waals surface area contributed by atoms with Gasteiger partial charge in [-0.1, -0.05) is 47.6 Å². The van der Waals surface area contributed by atoms with Crippen molar-refractivity contribution >= 4 is 7.69 Å². The standard InChI is InChI=1S/C14H20BO2/c1-13(2,3)9-7-10(14(4,5)6)12-11(8-9)16-15-17-12/h7-8H,1-6H3. The van der Waals surface area contributed by atoms with Gasteiger partial charge in [0.1, 0.15) is 11.5 Å². The van der Waals surface area contributed by atoms with E-state index in [1.807, 2.05) is 0 Å². The molecule has 0 aliphatic carbocycles. The first-order chi connectivity index (χ1) is 7.69. The summed E-state index contributed by atoms with van der Waals surface area (Å²) in [6, 6.07) is 4.31. The molecule has 0 aromatic heterocycles. The van der Waals surface area contributed by atoms with Crippen LogP contribution in [0.4, 0.5) is 0 Å². The number of hydrogen-bond acceptors (Lipinski definition) is 2. The minimum absolute atomic E-state index is 0.0485. The lowest BCUT2D eigenvalue weighted by Gasteiger charge is -2.26. The molecule has 0 unspecified atom stereocenters. The number of fused-ring (bicyclic) bond motifs is 1. The average molecular weight is 231 g/mol. The lowest BCUT2D eigenvalue weighted by Crippen LogP contribution is -2.16. The fraction of sp³-hybridized carbons (Fsp3) is 0.571. The van der Waals surface area contributed by atoms with Crippen molar-refractivity contribution in [2.45, 2.75) is 52.4 Å². The Bertz CT molecular complexity index is 439. The molecule has 1 heterocycles. The Morgan fingerprint density at radius 1 is 0.882 bits per heavy atom. The molecule has 0 spiro atoms. The van der Waals surface area contributed by atoms with Crippen LogP contribution in [0.25, 0.3) is 0 Å². The fourth-order valence-electron chi connectivity index (χ4n) is 1.93. The largest absolute Gasteiger partial charge is 0.658 e. The third-order valence-corrected chi connectivity index (χ3v) is 3.07. The van der Waals surface area contributed by atoms with Crippen molar-refractivity contribution in [1.29, 1.82) is 0 Å². The van der Waals surface area contributed by atoms with E-state index in [1.54, 1.807) is 0 Å². The van der Waals surface area contributed by atoms with Gasteiger partial charge < -0.3 is 9.31 Å². The highest BCUT2D eigenvalue weighted by Crippen LogP contribution is 2.44. The van der Waals surface area contributed by atoms with Gasteiger partial charge in [0.15, 0.2) is 0 Å². The van der Waals surface area contributed by atoms with Crippen LogP contribution >= 0.6 is 0 Å². The van der Waals surface area contributed by atoms with Gasteiger partial charge in [-0.3, -0.25) is 0 Å². The smallest absolute Gasteiger partial charge is 0.524 e. The molecule has 0 amide bonds. The summed E-state index contributed by atoms with van der Waals surface area (Å²) in [5.74, 6) is 1.70. The molecular weight excluding hydrogens is 211 g/mol. The van der Waals surface area contributed by atoms with Gasteiger partial charge in [-0.05, 0) is 22.5 Å². The molecule has 0 bridgehead atoms. The lowest BCUT2D eigenvalue weighted by molar-refractivity contribution is 0.519. The Balaban J connectivity index is 2.62. The molecule has 2 rings (SSSR count). The highest BCUT2D eigenvalue weighted by molar-refractivity contribution is 6.23. The molecule has 0 N–H and O–H groups in total. The Kier molecular flexibility index (Phi) is 2.68. The molecular formula is C14H20BO2. The van der Waals surface area contributed by atoms with E-state index in [9.17, 15) is 0 Å². The first-order valence-corrected chi connectivity index (χ1v) is 6.03. The second-order valence-electron chi connectivity index (χ2n) is 6.68. The Labute approximate surface area is 105 Å². The van der Waals surface area contributed by atoms with E-state index in [1.165, 1.54) is 18.8 Å². The molecule has 0 saturated heterocycles. The third-order valence-electron chi connectivity index (χ3n) is 3.07. The first kappa shape index (κ1) is 12.3. The fourth-order valence-corrected chi connectivity index (χ4v) is 1.93. The van der Waals surface area contributed by atoms with Gasteiger partial charge in [0.05, 0.1) is 0 Å². The molecule has 0 fully saturated rings. The topological polar surface area (TPSA) is 18.5 Å². The number of hydrogen-bond donors (Lipinski definition) is 0. The van der Waals surface area contributed by atoms with Gasteiger partial charge in [0, 0.05) is 5.56 Å². The number of benzene rings is 1. The minimum Gasteiger partial charge on any atom is -0.524 e. The lowest BCUT2D eigenvalue weighted by atomic mass is 9.80. The SMILES string of the molecule is CC(C)(C)c1cc2c(c(C(C)(C)C)c1)O[B]O2. The van der Waals surface area contributed by atoms with E-state index in [-0.39, 0.29) is 10.8 Å². The predicted molar refractivity (Wildman–Crippen MR) is 70.9 cm³/mol. The molecule has 1 radical (unpaired) electrons. The van der Waals surface area contributed by atoms with Crippen molar-refractivity contribution in [2.24, 2.45) is 0 Å². The first-order valence-electron chi connectivity index (χ1n) is 6.03. The van der Waals surface area contributed by atoms with Crippen LogP contribution in [0.1, 0.15) is 52.7 Å². The summed E-state index contributed by atoms with van der Waals surface area (Å²) in [7, 11) is 1.41. The highest BCUT2D eigenvalue weighted by Gasteiger charge is 2.30. The molecule has 2 nitrogen and oxygen atoms in total. The average Bonchev–Trinajstić information content (AvgIpc) is 2.59. The van der Waals surface area contributed by atoms with E-state index in [0.29, 0.717) is 0 Å². The molecule has 1 aliphatic rings. The van der Waals surface area contributed by atoms with E-state index in [2.05, 4.69) is 53.7 Å². The Morgan fingerprint density at radius 2 is 1.53 bits per heavy atom. The molecule has 1 aliphatic heterocycles.